The largest absolute Gasteiger partial charge is 0.461 e. The molecule has 7 nitrogen and oxygen atoms in total. The number of nitrogens with one attached hydrogen (secondary N) is 1. The second-order valence-electron chi connectivity index (χ2n) is 4.95. The molecule has 0 radical (unpaired) electrons. The van der Waals surface area contributed by atoms with Crippen molar-refractivity contribution in [2.45, 2.75) is 25.9 Å². The molecule has 3 rings (SSSR count). The van der Waals surface area contributed by atoms with Crippen LogP contribution in [0.1, 0.15) is 30.3 Å². The van der Waals surface area contributed by atoms with Gasteiger partial charge >= 0.3 is 5.97 Å². The van der Waals surface area contributed by atoms with Gasteiger partial charge in [-0.3, -0.25) is 9.20 Å². The molecule has 1 saturated heterocycles. The number of anilines is 1. The number of carbonyl (C=O) groups excluding carboxylic acids is 2. The minimum Gasteiger partial charge on any atom is -0.461 e. The van der Waals surface area contributed by atoms with Gasteiger partial charge in [-0.1, -0.05) is 6.07 Å². The first-order valence-corrected chi connectivity index (χ1v) is 7.27. The van der Waals surface area contributed by atoms with Crippen molar-refractivity contribution >= 4 is 23.3 Å². The number of aromatic nitrogens is 2. The third-order valence-electron chi connectivity index (χ3n) is 3.46. The number of rotatable bonds is 4. The summed E-state index contributed by atoms with van der Waals surface area (Å²) in [6.45, 7) is 2.54. The standard InChI is InChI=1S/C15H17N3O4/c1-2-21-15(20)12-13(17-14(19)10-6-5-9-22-10)18-8-4-3-7-11(18)16-12/h3-4,7-8,10H,2,5-6,9H2,1H3,(H,17,19). The predicted octanol–water partition coefficient (Wildman–Crippen LogP) is 1.63. The highest BCUT2D eigenvalue weighted by Crippen LogP contribution is 2.21. The Morgan fingerprint density at radius 1 is 1.50 bits per heavy atom. The Morgan fingerprint density at radius 3 is 3.09 bits per heavy atom. The van der Waals surface area contributed by atoms with Gasteiger partial charge in [0.25, 0.3) is 5.91 Å². The summed E-state index contributed by atoms with van der Waals surface area (Å²) in [4.78, 5) is 28.6. The molecule has 1 fully saturated rings. The first-order chi connectivity index (χ1) is 10.7. The topological polar surface area (TPSA) is 81.9 Å². The minimum absolute atomic E-state index is 0.0967. The third-order valence-corrected chi connectivity index (χ3v) is 3.46. The van der Waals surface area contributed by atoms with E-state index in [-0.39, 0.29) is 18.2 Å². The lowest BCUT2D eigenvalue weighted by Gasteiger charge is -2.11. The molecule has 22 heavy (non-hydrogen) atoms. The summed E-state index contributed by atoms with van der Waals surface area (Å²) < 4.78 is 12.0. The van der Waals surface area contributed by atoms with E-state index >= 15 is 0 Å². The highest BCUT2D eigenvalue weighted by molar-refractivity contribution is 6.01. The first kappa shape index (κ1) is 14.5. The molecule has 0 spiro atoms. The third kappa shape index (κ3) is 2.67. The van der Waals surface area contributed by atoms with Gasteiger partial charge < -0.3 is 14.8 Å². The molecule has 2 aromatic heterocycles. The van der Waals surface area contributed by atoms with Crippen molar-refractivity contribution < 1.29 is 19.1 Å². The van der Waals surface area contributed by atoms with Crippen LogP contribution in [-0.4, -0.2) is 40.6 Å². The second kappa shape index (κ2) is 6.15. The summed E-state index contributed by atoms with van der Waals surface area (Å²) in [6.07, 6.45) is 2.79. The number of fused-ring (bicyclic) bond motifs is 1. The maximum Gasteiger partial charge on any atom is 0.360 e. The molecule has 1 unspecified atom stereocenters. The van der Waals surface area contributed by atoms with Crippen molar-refractivity contribution in [3.8, 4) is 0 Å². The molecule has 2 aromatic rings. The van der Waals surface area contributed by atoms with Crippen molar-refractivity contribution in [1.29, 1.82) is 0 Å². The van der Waals surface area contributed by atoms with Crippen LogP contribution < -0.4 is 5.32 Å². The summed E-state index contributed by atoms with van der Waals surface area (Å²) in [7, 11) is 0. The van der Waals surface area contributed by atoms with Crippen LogP contribution in [0.15, 0.2) is 24.4 Å². The van der Waals surface area contributed by atoms with Crippen LogP contribution in [0.5, 0.6) is 0 Å². The number of ether oxygens (including phenoxy) is 2. The summed E-state index contributed by atoms with van der Waals surface area (Å²) in [6, 6.07) is 5.36. The SMILES string of the molecule is CCOC(=O)c1nc2ccccn2c1NC(=O)C1CCCO1. The van der Waals surface area contributed by atoms with Crippen LogP contribution in [0.25, 0.3) is 5.65 Å². The van der Waals surface area contributed by atoms with Crippen molar-refractivity contribution in [1.82, 2.24) is 9.38 Å². The normalized spacial score (nSPS) is 17.6. The van der Waals surface area contributed by atoms with Crippen LogP contribution >= 0.6 is 0 Å². The molecule has 0 bridgehead atoms. The fraction of sp³-hybridized carbons (Fsp3) is 0.400. The molecule has 1 aliphatic rings. The number of esters is 1. The fourth-order valence-electron chi connectivity index (χ4n) is 2.44. The minimum atomic E-state index is -0.561. The Bertz CT molecular complexity index is 704. The van der Waals surface area contributed by atoms with Crippen molar-refractivity contribution in [2.75, 3.05) is 18.5 Å². The van der Waals surface area contributed by atoms with E-state index in [0.29, 0.717) is 24.5 Å². The van der Waals surface area contributed by atoms with Crippen molar-refractivity contribution in [2.24, 2.45) is 0 Å². The van der Waals surface area contributed by atoms with Gasteiger partial charge in [-0.15, -0.1) is 0 Å². The van der Waals surface area contributed by atoms with Crippen LogP contribution in [0.4, 0.5) is 5.82 Å². The van der Waals surface area contributed by atoms with Crippen LogP contribution in [0, 0.1) is 0 Å². The zero-order valence-corrected chi connectivity index (χ0v) is 12.2. The van der Waals surface area contributed by atoms with E-state index in [1.165, 1.54) is 0 Å². The predicted molar refractivity (Wildman–Crippen MR) is 78.8 cm³/mol. The Kier molecular flexibility index (Phi) is 4.06. The molecular weight excluding hydrogens is 286 g/mol. The Hall–Kier alpha value is -2.41. The first-order valence-electron chi connectivity index (χ1n) is 7.27. The molecule has 3 heterocycles. The lowest BCUT2D eigenvalue weighted by molar-refractivity contribution is -0.124. The van der Waals surface area contributed by atoms with Crippen LogP contribution in [0.3, 0.4) is 0 Å². The summed E-state index contributed by atoms with van der Waals surface area (Å²) >= 11 is 0. The molecule has 0 aromatic carbocycles. The summed E-state index contributed by atoms with van der Waals surface area (Å²) in [5, 5.41) is 2.75. The molecule has 0 aliphatic carbocycles. The van der Waals surface area contributed by atoms with E-state index in [4.69, 9.17) is 9.47 Å². The van der Waals surface area contributed by atoms with E-state index in [2.05, 4.69) is 10.3 Å². The zero-order chi connectivity index (χ0) is 15.5. The Morgan fingerprint density at radius 2 is 2.36 bits per heavy atom. The lowest BCUT2D eigenvalue weighted by Crippen LogP contribution is -2.28. The molecule has 1 N–H and O–H groups in total. The molecule has 0 saturated carbocycles. The summed E-state index contributed by atoms with van der Waals surface area (Å²) in [5.41, 5.74) is 0.660. The van der Waals surface area contributed by atoms with Gasteiger partial charge in [0.1, 0.15) is 11.8 Å². The van der Waals surface area contributed by atoms with E-state index in [0.717, 1.165) is 6.42 Å². The van der Waals surface area contributed by atoms with Crippen molar-refractivity contribution in [3.05, 3.63) is 30.1 Å². The van der Waals surface area contributed by atoms with E-state index in [9.17, 15) is 9.59 Å². The average Bonchev–Trinajstić information content (AvgIpc) is 3.16. The molecule has 116 valence electrons. The fourth-order valence-corrected chi connectivity index (χ4v) is 2.44. The van der Waals surface area contributed by atoms with Gasteiger partial charge in [0, 0.05) is 12.8 Å². The average molecular weight is 303 g/mol. The molecule has 7 heteroatoms. The molecule has 1 atom stereocenters. The number of carbonyl (C=O) groups is 2. The van der Waals surface area contributed by atoms with Gasteiger partial charge in [0.2, 0.25) is 0 Å². The van der Waals surface area contributed by atoms with E-state index in [1.807, 2.05) is 6.07 Å². The number of hydrogen-bond acceptors (Lipinski definition) is 5. The van der Waals surface area contributed by atoms with Gasteiger partial charge in [-0.05, 0) is 31.9 Å². The van der Waals surface area contributed by atoms with E-state index in [1.54, 1.807) is 29.7 Å². The van der Waals surface area contributed by atoms with E-state index < -0.39 is 12.1 Å². The highest BCUT2D eigenvalue weighted by Gasteiger charge is 2.27. The number of hydrogen-bond donors (Lipinski definition) is 1. The van der Waals surface area contributed by atoms with Crippen LogP contribution in [-0.2, 0) is 14.3 Å². The Labute approximate surface area is 127 Å². The maximum atomic E-state index is 12.3. The maximum absolute atomic E-state index is 12.3. The summed E-state index contributed by atoms with van der Waals surface area (Å²) in [5.74, 6) is -0.517. The number of amides is 1. The zero-order valence-electron chi connectivity index (χ0n) is 12.2. The molecule has 1 aliphatic heterocycles. The van der Waals surface area contributed by atoms with Gasteiger partial charge in [0.05, 0.1) is 6.61 Å². The second-order valence-corrected chi connectivity index (χ2v) is 4.95. The Balaban J connectivity index is 1.96. The highest BCUT2D eigenvalue weighted by atomic mass is 16.5. The van der Waals surface area contributed by atoms with Gasteiger partial charge in [-0.2, -0.15) is 0 Å². The monoisotopic (exact) mass is 303 g/mol. The quantitative estimate of drug-likeness (QED) is 0.868. The number of nitrogens with zero attached hydrogens (tertiary/aromatic N) is 2. The van der Waals surface area contributed by atoms with Crippen molar-refractivity contribution in [3.63, 3.8) is 0 Å². The molecule has 1 amide bonds. The molecular formula is C15H17N3O4. The number of imidazole rings is 1. The smallest absolute Gasteiger partial charge is 0.360 e. The van der Waals surface area contributed by atoms with Gasteiger partial charge in [0.15, 0.2) is 11.5 Å². The van der Waals surface area contributed by atoms with Crippen LogP contribution in [0.2, 0.25) is 0 Å². The lowest BCUT2D eigenvalue weighted by atomic mass is 10.2. The van der Waals surface area contributed by atoms with Gasteiger partial charge in [-0.25, -0.2) is 9.78 Å². The number of pyridine rings is 1.